The molecule has 0 rings (SSSR count). The summed E-state index contributed by atoms with van der Waals surface area (Å²) in [6, 6.07) is -0.565. The van der Waals surface area contributed by atoms with E-state index in [4.69, 9.17) is 9.84 Å². The van der Waals surface area contributed by atoms with Gasteiger partial charge in [0.15, 0.2) is 0 Å². The van der Waals surface area contributed by atoms with Gasteiger partial charge in [0.25, 0.3) is 0 Å². The van der Waals surface area contributed by atoms with Crippen molar-refractivity contribution in [3.8, 4) is 0 Å². The monoisotopic (exact) mass is 259 g/mol. The number of hydrogen-bond acceptors (Lipinski definition) is 3. The molecule has 18 heavy (non-hydrogen) atoms. The topological polar surface area (TPSA) is 58.6 Å². The molecule has 0 amide bonds. The third-order valence-corrected chi connectivity index (χ3v) is 2.87. The van der Waals surface area contributed by atoms with E-state index in [2.05, 4.69) is 12.2 Å². The number of aliphatic carboxylic acids is 1. The molecule has 0 fully saturated rings. The van der Waals surface area contributed by atoms with Crippen LogP contribution in [0.2, 0.25) is 0 Å². The molecule has 0 aliphatic heterocycles. The van der Waals surface area contributed by atoms with E-state index in [-0.39, 0.29) is 6.61 Å². The fourth-order valence-electron chi connectivity index (χ4n) is 1.72. The van der Waals surface area contributed by atoms with E-state index < -0.39 is 12.0 Å². The van der Waals surface area contributed by atoms with Crippen molar-refractivity contribution in [1.82, 2.24) is 5.32 Å². The minimum absolute atomic E-state index is 0.268. The second-order valence-electron chi connectivity index (χ2n) is 4.69. The van der Waals surface area contributed by atoms with Gasteiger partial charge in [0, 0.05) is 6.61 Å². The Labute approximate surface area is 111 Å². The van der Waals surface area contributed by atoms with Gasteiger partial charge in [-0.1, -0.05) is 46.0 Å². The van der Waals surface area contributed by atoms with Crippen LogP contribution in [0.25, 0.3) is 0 Å². The van der Waals surface area contributed by atoms with Crippen molar-refractivity contribution in [3.63, 3.8) is 0 Å². The predicted molar refractivity (Wildman–Crippen MR) is 73.9 cm³/mol. The summed E-state index contributed by atoms with van der Waals surface area (Å²) >= 11 is 0. The van der Waals surface area contributed by atoms with E-state index >= 15 is 0 Å². The Kier molecular flexibility index (Phi) is 12.4. The van der Waals surface area contributed by atoms with Gasteiger partial charge in [-0.25, -0.2) is 0 Å². The summed E-state index contributed by atoms with van der Waals surface area (Å²) in [7, 11) is 0. The maximum absolute atomic E-state index is 10.9. The van der Waals surface area contributed by atoms with Crippen molar-refractivity contribution in [1.29, 1.82) is 0 Å². The SMILES string of the molecule is CCCCCCCCOCC(NCCC)C(=O)O. The summed E-state index contributed by atoms with van der Waals surface area (Å²) < 4.78 is 5.42. The fraction of sp³-hybridized carbons (Fsp3) is 0.929. The van der Waals surface area contributed by atoms with Crippen LogP contribution in [-0.2, 0) is 9.53 Å². The first-order valence-corrected chi connectivity index (χ1v) is 7.26. The zero-order valence-electron chi connectivity index (χ0n) is 11.9. The molecule has 0 spiro atoms. The van der Waals surface area contributed by atoms with E-state index in [0.717, 1.165) is 19.4 Å². The molecule has 0 saturated heterocycles. The van der Waals surface area contributed by atoms with Crippen molar-refractivity contribution >= 4 is 5.97 Å². The van der Waals surface area contributed by atoms with Crippen molar-refractivity contribution in [2.75, 3.05) is 19.8 Å². The van der Waals surface area contributed by atoms with Crippen LogP contribution < -0.4 is 5.32 Å². The highest BCUT2D eigenvalue weighted by atomic mass is 16.5. The molecular formula is C14H29NO3. The summed E-state index contributed by atoms with van der Waals surface area (Å²) in [6.07, 6.45) is 8.27. The Morgan fingerprint density at radius 2 is 1.78 bits per heavy atom. The van der Waals surface area contributed by atoms with Gasteiger partial charge in [0.05, 0.1) is 6.61 Å². The molecule has 0 radical (unpaired) electrons. The first-order valence-electron chi connectivity index (χ1n) is 7.26. The number of carbonyl (C=O) groups is 1. The third-order valence-electron chi connectivity index (χ3n) is 2.87. The molecular weight excluding hydrogens is 230 g/mol. The standard InChI is InChI=1S/C14H29NO3/c1-3-5-6-7-8-9-11-18-12-13(14(16)17)15-10-4-2/h13,15H,3-12H2,1-2H3,(H,16,17). The Bertz CT molecular complexity index is 197. The molecule has 0 aliphatic carbocycles. The number of nitrogens with one attached hydrogen (secondary N) is 1. The van der Waals surface area contributed by atoms with Crippen LogP contribution in [0, 0.1) is 0 Å². The minimum Gasteiger partial charge on any atom is -0.480 e. The second-order valence-corrected chi connectivity index (χ2v) is 4.69. The van der Waals surface area contributed by atoms with Gasteiger partial charge in [-0.2, -0.15) is 0 Å². The van der Waals surface area contributed by atoms with Gasteiger partial charge in [0.2, 0.25) is 0 Å². The van der Waals surface area contributed by atoms with E-state index in [0.29, 0.717) is 6.61 Å². The molecule has 0 bridgehead atoms. The first kappa shape index (κ1) is 17.4. The molecule has 4 nitrogen and oxygen atoms in total. The molecule has 0 aromatic rings. The lowest BCUT2D eigenvalue weighted by molar-refractivity contribution is -0.141. The minimum atomic E-state index is -0.827. The fourth-order valence-corrected chi connectivity index (χ4v) is 1.72. The summed E-state index contributed by atoms with van der Waals surface area (Å²) in [6.45, 7) is 5.88. The number of carboxylic acids is 1. The summed E-state index contributed by atoms with van der Waals surface area (Å²) in [5.74, 6) is -0.827. The van der Waals surface area contributed by atoms with Gasteiger partial charge < -0.3 is 15.2 Å². The second kappa shape index (κ2) is 12.8. The molecule has 2 N–H and O–H groups in total. The third kappa shape index (κ3) is 10.5. The Morgan fingerprint density at radius 1 is 1.11 bits per heavy atom. The van der Waals surface area contributed by atoms with E-state index in [1.54, 1.807) is 0 Å². The van der Waals surface area contributed by atoms with E-state index in [1.807, 2.05) is 6.92 Å². The van der Waals surface area contributed by atoms with Gasteiger partial charge in [-0.05, 0) is 19.4 Å². The first-order chi connectivity index (χ1) is 8.72. The van der Waals surface area contributed by atoms with Crippen LogP contribution in [-0.4, -0.2) is 36.9 Å². The predicted octanol–water partition coefficient (Wildman–Crippen LogP) is 2.82. The van der Waals surface area contributed by atoms with E-state index in [9.17, 15) is 4.79 Å². The van der Waals surface area contributed by atoms with Crippen LogP contribution in [0.3, 0.4) is 0 Å². The van der Waals surface area contributed by atoms with Crippen molar-refractivity contribution in [2.24, 2.45) is 0 Å². The molecule has 0 heterocycles. The molecule has 108 valence electrons. The molecule has 4 heteroatoms. The Hall–Kier alpha value is -0.610. The van der Waals surface area contributed by atoms with Crippen LogP contribution >= 0.6 is 0 Å². The normalized spacial score (nSPS) is 12.6. The maximum atomic E-state index is 10.9. The van der Waals surface area contributed by atoms with Crippen molar-refractivity contribution in [2.45, 2.75) is 64.8 Å². The van der Waals surface area contributed by atoms with Crippen molar-refractivity contribution in [3.05, 3.63) is 0 Å². The zero-order valence-corrected chi connectivity index (χ0v) is 11.9. The highest BCUT2D eigenvalue weighted by Gasteiger charge is 2.15. The molecule has 1 unspecified atom stereocenters. The van der Waals surface area contributed by atoms with Crippen LogP contribution in [0.5, 0.6) is 0 Å². The van der Waals surface area contributed by atoms with Crippen LogP contribution in [0.4, 0.5) is 0 Å². The average Bonchev–Trinajstić information content (AvgIpc) is 2.35. The average molecular weight is 259 g/mol. The molecule has 1 atom stereocenters. The lowest BCUT2D eigenvalue weighted by Gasteiger charge is -2.14. The quantitative estimate of drug-likeness (QED) is 0.499. The van der Waals surface area contributed by atoms with Crippen LogP contribution in [0.15, 0.2) is 0 Å². The largest absolute Gasteiger partial charge is 0.480 e. The summed E-state index contributed by atoms with van der Waals surface area (Å²) in [4.78, 5) is 10.9. The highest BCUT2D eigenvalue weighted by Crippen LogP contribution is 2.05. The lowest BCUT2D eigenvalue weighted by Crippen LogP contribution is -2.41. The zero-order chi connectivity index (χ0) is 13.6. The Morgan fingerprint density at radius 3 is 2.39 bits per heavy atom. The highest BCUT2D eigenvalue weighted by molar-refractivity contribution is 5.73. The van der Waals surface area contributed by atoms with Gasteiger partial charge >= 0.3 is 5.97 Å². The molecule has 0 saturated carbocycles. The van der Waals surface area contributed by atoms with E-state index in [1.165, 1.54) is 32.1 Å². The summed E-state index contributed by atoms with van der Waals surface area (Å²) in [5, 5.41) is 11.9. The summed E-state index contributed by atoms with van der Waals surface area (Å²) in [5.41, 5.74) is 0. The number of ether oxygens (including phenoxy) is 1. The van der Waals surface area contributed by atoms with Gasteiger partial charge in [-0.3, -0.25) is 4.79 Å². The number of unbranched alkanes of at least 4 members (excludes halogenated alkanes) is 5. The molecule has 0 aromatic carbocycles. The lowest BCUT2D eigenvalue weighted by atomic mass is 10.1. The van der Waals surface area contributed by atoms with Crippen LogP contribution in [0.1, 0.15) is 58.8 Å². The van der Waals surface area contributed by atoms with Gasteiger partial charge in [0.1, 0.15) is 6.04 Å². The molecule has 0 aliphatic rings. The van der Waals surface area contributed by atoms with Gasteiger partial charge in [-0.15, -0.1) is 0 Å². The van der Waals surface area contributed by atoms with Crippen molar-refractivity contribution < 1.29 is 14.6 Å². The smallest absolute Gasteiger partial charge is 0.323 e. The number of carboxylic acid groups (broad SMARTS) is 1. The molecule has 0 aromatic heterocycles. The Balaban J connectivity index is 3.40. The maximum Gasteiger partial charge on any atom is 0.323 e. The number of hydrogen-bond donors (Lipinski definition) is 2. The number of rotatable bonds is 13.